The summed E-state index contributed by atoms with van der Waals surface area (Å²) in [5.41, 5.74) is 1.17. The Morgan fingerprint density at radius 1 is 1.25 bits per heavy atom. The van der Waals surface area contributed by atoms with Crippen LogP contribution in [-0.4, -0.2) is 30.6 Å². The Morgan fingerprint density at radius 2 is 2.10 bits per heavy atom. The van der Waals surface area contributed by atoms with Gasteiger partial charge in [0.2, 0.25) is 0 Å². The van der Waals surface area contributed by atoms with Crippen LogP contribution >= 0.6 is 11.3 Å². The summed E-state index contributed by atoms with van der Waals surface area (Å²) in [5.74, 6) is 0.927. The van der Waals surface area contributed by atoms with Gasteiger partial charge in [-0.1, -0.05) is 26.2 Å². The summed E-state index contributed by atoms with van der Waals surface area (Å²) in [6.07, 6.45) is 5.98. The standard InChI is InChI=1S/C15H28N4S/c1-4-6-7-8-10-17-15(16-5-2)18-11-9-14-12-20-13(3)19-14/h12H,4-11H2,1-3H3,(H2,16,17,18). The number of hydrogen-bond acceptors (Lipinski definition) is 3. The number of thiazole rings is 1. The van der Waals surface area contributed by atoms with Crippen LogP contribution in [0.5, 0.6) is 0 Å². The van der Waals surface area contributed by atoms with E-state index >= 15 is 0 Å². The summed E-state index contributed by atoms with van der Waals surface area (Å²) in [7, 11) is 0. The molecule has 1 rings (SSSR count). The minimum Gasteiger partial charge on any atom is -0.357 e. The van der Waals surface area contributed by atoms with Gasteiger partial charge in [-0.05, 0) is 20.3 Å². The molecule has 114 valence electrons. The van der Waals surface area contributed by atoms with Crippen molar-refractivity contribution in [2.24, 2.45) is 4.99 Å². The minimum absolute atomic E-state index is 0.879. The van der Waals surface area contributed by atoms with E-state index in [0.717, 1.165) is 37.0 Å². The lowest BCUT2D eigenvalue weighted by atomic mass is 10.2. The zero-order valence-electron chi connectivity index (χ0n) is 13.0. The molecular formula is C15H28N4S. The Morgan fingerprint density at radius 3 is 2.75 bits per heavy atom. The average Bonchev–Trinajstić information content (AvgIpc) is 2.84. The van der Waals surface area contributed by atoms with Crippen LogP contribution in [0.25, 0.3) is 0 Å². The van der Waals surface area contributed by atoms with Gasteiger partial charge < -0.3 is 10.6 Å². The molecule has 0 unspecified atom stereocenters. The molecule has 1 aromatic heterocycles. The Bertz CT molecular complexity index is 387. The molecule has 0 fully saturated rings. The number of rotatable bonds is 9. The third kappa shape index (κ3) is 7.48. The topological polar surface area (TPSA) is 49.3 Å². The fourth-order valence-corrected chi connectivity index (χ4v) is 2.55. The third-order valence-electron chi connectivity index (χ3n) is 2.97. The van der Waals surface area contributed by atoms with Gasteiger partial charge in [0.25, 0.3) is 0 Å². The maximum absolute atomic E-state index is 4.60. The van der Waals surface area contributed by atoms with E-state index < -0.39 is 0 Å². The normalized spacial score (nSPS) is 11.7. The molecule has 1 heterocycles. The fraction of sp³-hybridized carbons (Fsp3) is 0.733. The number of nitrogens with one attached hydrogen (secondary N) is 2. The number of aliphatic imine (C=N–C) groups is 1. The van der Waals surface area contributed by atoms with Gasteiger partial charge in [0.1, 0.15) is 0 Å². The Kier molecular flexibility index (Phi) is 9.04. The summed E-state index contributed by atoms with van der Waals surface area (Å²) in [5, 5.41) is 9.93. The summed E-state index contributed by atoms with van der Waals surface area (Å²) >= 11 is 1.71. The maximum Gasteiger partial charge on any atom is 0.191 e. The first-order valence-corrected chi connectivity index (χ1v) is 8.57. The van der Waals surface area contributed by atoms with Gasteiger partial charge in [-0.15, -0.1) is 11.3 Å². The van der Waals surface area contributed by atoms with Crippen molar-refractivity contribution in [3.63, 3.8) is 0 Å². The van der Waals surface area contributed by atoms with E-state index in [0.29, 0.717) is 0 Å². The first-order chi connectivity index (χ1) is 9.76. The molecule has 5 heteroatoms. The van der Waals surface area contributed by atoms with Crippen LogP contribution in [0, 0.1) is 6.92 Å². The van der Waals surface area contributed by atoms with Crippen LogP contribution in [0.2, 0.25) is 0 Å². The molecule has 0 atom stereocenters. The van der Waals surface area contributed by atoms with Crippen LogP contribution in [-0.2, 0) is 6.42 Å². The van der Waals surface area contributed by atoms with Gasteiger partial charge in [-0.2, -0.15) is 0 Å². The predicted octanol–water partition coefficient (Wildman–Crippen LogP) is 3.13. The molecule has 0 radical (unpaired) electrons. The highest BCUT2D eigenvalue weighted by molar-refractivity contribution is 7.09. The zero-order chi connectivity index (χ0) is 14.6. The van der Waals surface area contributed by atoms with E-state index in [9.17, 15) is 0 Å². The highest BCUT2D eigenvalue weighted by Gasteiger charge is 2.00. The van der Waals surface area contributed by atoms with Gasteiger partial charge in [0.05, 0.1) is 10.7 Å². The van der Waals surface area contributed by atoms with Crippen molar-refractivity contribution in [1.82, 2.24) is 15.6 Å². The van der Waals surface area contributed by atoms with Crippen molar-refractivity contribution < 1.29 is 0 Å². The van der Waals surface area contributed by atoms with Crippen LogP contribution in [0.3, 0.4) is 0 Å². The fourth-order valence-electron chi connectivity index (χ4n) is 1.90. The van der Waals surface area contributed by atoms with Gasteiger partial charge in [0.15, 0.2) is 5.96 Å². The molecule has 0 spiro atoms. The molecule has 1 aromatic rings. The van der Waals surface area contributed by atoms with Gasteiger partial charge in [-0.3, -0.25) is 4.99 Å². The quantitative estimate of drug-likeness (QED) is 0.418. The monoisotopic (exact) mass is 296 g/mol. The smallest absolute Gasteiger partial charge is 0.191 e. The maximum atomic E-state index is 4.60. The largest absolute Gasteiger partial charge is 0.357 e. The number of aryl methyl sites for hydroxylation is 1. The minimum atomic E-state index is 0.879. The molecule has 0 aliphatic carbocycles. The summed E-state index contributed by atoms with van der Waals surface area (Å²) in [4.78, 5) is 9.07. The highest BCUT2D eigenvalue weighted by atomic mass is 32.1. The lowest BCUT2D eigenvalue weighted by Crippen LogP contribution is -2.38. The summed E-state index contributed by atoms with van der Waals surface area (Å²) in [6, 6.07) is 0. The average molecular weight is 296 g/mol. The molecule has 2 N–H and O–H groups in total. The van der Waals surface area contributed by atoms with Crippen molar-refractivity contribution >= 4 is 17.3 Å². The molecule has 0 amide bonds. The Hall–Kier alpha value is -1.10. The van der Waals surface area contributed by atoms with Crippen molar-refractivity contribution in [2.45, 2.75) is 52.9 Å². The molecule has 0 aliphatic heterocycles. The second kappa shape index (κ2) is 10.7. The number of nitrogens with zero attached hydrogens (tertiary/aromatic N) is 2. The zero-order valence-corrected chi connectivity index (χ0v) is 13.9. The van der Waals surface area contributed by atoms with Crippen LogP contribution < -0.4 is 10.6 Å². The number of guanidine groups is 1. The van der Waals surface area contributed by atoms with E-state index in [4.69, 9.17) is 0 Å². The van der Waals surface area contributed by atoms with Crippen molar-refractivity contribution in [3.05, 3.63) is 16.1 Å². The Balaban J connectivity index is 2.25. The Labute approximate surface area is 127 Å². The van der Waals surface area contributed by atoms with Crippen molar-refractivity contribution in [2.75, 3.05) is 19.6 Å². The van der Waals surface area contributed by atoms with Gasteiger partial charge >= 0.3 is 0 Å². The molecule has 0 bridgehead atoms. The van der Waals surface area contributed by atoms with Gasteiger partial charge in [-0.25, -0.2) is 4.98 Å². The van der Waals surface area contributed by atoms with E-state index in [1.54, 1.807) is 11.3 Å². The first kappa shape index (κ1) is 17.0. The van der Waals surface area contributed by atoms with Gasteiger partial charge in [0, 0.05) is 31.4 Å². The first-order valence-electron chi connectivity index (χ1n) is 7.69. The molecule has 4 nitrogen and oxygen atoms in total. The van der Waals surface area contributed by atoms with Crippen molar-refractivity contribution in [1.29, 1.82) is 0 Å². The molecule has 0 aromatic carbocycles. The second-order valence-electron chi connectivity index (χ2n) is 4.86. The molecule has 0 saturated heterocycles. The van der Waals surface area contributed by atoms with E-state index in [-0.39, 0.29) is 0 Å². The number of aromatic nitrogens is 1. The van der Waals surface area contributed by atoms with Crippen LogP contribution in [0.1, 0.15) is 50.2 Å². The SMILES string of the molecule is CCCCCCN=C(NCC)NCCc1csc(C)n1. The predicted molar refractivity (Wildman–Crippen MR) is 88.7 cm³/mol. The van der Waals surface area contributed by atoms with E-state index in [2.05, 4.69) is 39.8 Å². The van der Waals surface area contributed by atoms with Crippen LogP contribution in [0.4, 0.5) is 0 Å². The van der Waals surface area contributed by atoms with Crippen LogP contribution in [0.15, 0.2) is 10.4 Å². The van der Waals surface area contributed by atoms with E-state index in [1.165, 1.54) is 31.4 Å². The molecule has 20 heavy (non-hydrogen) atoms. The lowest BCUT2D eigenvalue weighted by molar-refractivity contribution is 0.670. The molecular weight excluding hydrogens is 268 g/mol. The van der Waals surface area contributed by atoms with Crippen molar-refractivity contribution in [3.8, 4) is 0 Å². The molecule has 0 saturated carbocycles. The number of unbranched alkanes of at least 4 members (excludes halogenated alkanes) is 3. The second-order valence-corrected chi connectivity index (χ2v) is 5.92. The molecule has 0 aliphatic rings. The number of hydrogen-bond donors (Lipinski definition) is 2. The lowest BCUT2D eigenvalue weighted by Gasteiger charge is -2.10. The summed E-state index contributed by atoms with van der Waals surface area (Å²) in [6.45, 7) is 9.06. The van der Waals surface area contributed by atoms with E-state index in [1.807, 2.05) is 6.92 Å². The highest BCUT2D eigenvalue weighted by Crippen LogP contribution is 2.07. The third-order valence-corrected chi connectivity index (χ3v) is 3.79. The summed E-state index contributed by atoms with van der Waals surface area (Å²) < 4.78 is 0.